The molecule has 0 aliphatic carbocycles. The van der Waals surface area contributed by atoms with Gasteiger partial charge in [0.1, 0.15) is 0 Å². The first-order valence-electron chi connectivity index (χ1n) is 6.37. The average molecular weight is 242 g/mol. The summed E-state index contributed by atoms with van der Waals surface area (Å²) in [6, 6.07) is 0.565. The summed E-state index contributed by atoms with van der Waals surface area (Å²) in [5.74, 6) is 0. The number of hydrogen-bond acceptors (Lipinski definition) is 4. The topological polar surface area (TPSA) is 33.6 Å². The molecule has 2 rings (SSSR count). The van der Waals surface area contributed by atoms with Crippen molar-refractivity contribution >= 4 is 16.9 Å². The van der Waals surface area contributed by atoms with Crippen molar-refractivity contribution in [1.29, 1.82) is 0 Å². The van der Waals surface area contributed by atoms with E-state index in [4.69, 9.17) is 4.74 Å². The molecule has 0 spiro atoms. The molecular weight excluding hydrogens is 220 g/mol. The van der Waals surface area contributed by atoms with Gasteiger partial charge in [-0.15, -0.1) is 0 Å². The van der Waals surface area contributed by atoms with Crippen molar-refractivity contribution in [3.63, 3.8) is 0 Å². The monoisotopic (exact) mass is 242 g/mol. The minimum atomic E-state index is 0.393. The number of amidine groups is 1. The largest absolute Gasteiger partial charge is 0.378 e. The van der Waals surface area contributed by atoms with Crippen LogP contribution in [-0.2, 0) is 4.74 Å². The Morgan fingerprint density at radius 3 is 3.19 bits per heavy atom. The average Bonchev–Trinajstić information content (AvgIpc) is 2.66. The van der Waals surface area contributed by atoms with E-state index in [0.29, 0.717) is 17.4 Å². The Balaban J connectivity index is 1.74. The normalized spacial score (nSPS) is 34.9. The van der Waals surface area contributed by atoms with E-state index in [0.717, 1.165) is 31.2 Å². The van der Waals surface area contributed by atoms with Crippen LogP contribution in [0.4, 0.5) is 0 Å². The van der Waals surface area contributed by atoms with Crippen molar-refractivity contribution in [2.45, 2.75) is 56.9 Å². The van der Waals surface area contributed by atoms with E-state index in [1.165, 1.54) is 12.8 Å². The minimum Gasteiger partial charge on any atom is -0.378 e. The Morgan fingerprint density at radius 2 is 2.44 bits per heavy atom. The van der Waals surface area contributed by atoms with Gasteiger partial charge in [-0.2, -0.15) is 0 Å². The van der Waals surface area contributed by atoms with Gasteiger partial charge in [-0.05, 0) is 26.2 Å². The molecule has 2 aliphatic heterocycles. The lowest BCUT2D eigenvalue weighted by molar-refractivity contribution is 0.0168. The predicted octanol–water partition coefficient (Wildman–Crippen LogP) is 2.42. The molecule has 2 heterocycles. The number of rotatable bonds is 3. The zero-order valence-corrected chi connectivity index (χ0v) is 11.1. The summed E-state index contributed by atoms with van der Waals surface area (Å²) in [4.78, 5) is 4.58. The lowest BCUT2D eigenvalue weighted by atomic mass is 10.1. The molecule has 3 unspecified atom stereocenters. The van der Waals surface area contributed by atoms with Crippen molar-refractivity contribution in [2.75, 3.05) is 13.2 Å². The zero-order chi connectivity index (χ0) is 11.4. The summed E-state index contributed by atoms with van der Waals surface area (Å²) in [5.41, 5.74) is 0. The molecular formula is C12H22N2OS. The van der Waals surface area contributed by atoms with Gasteiger partial charge in [0.2, 0.25) is 0 Å². The van der Waals surface area contributed by atoms with Gasteiger partial charge in [0, 0.05) is 17.9 Å². The standard InChI is InChI=1S/C12H22N2OS/c1-3-4-11-8-13-12(16-11)14-10-5-6-15-9(2)7-10/h9-11H,3-8H2,1-2H3,(H,13,14). The lowest BCUT2D eigenvalue weighted by Crippen LogP contribution is -2.40. The van der Waals surface area contributed by atoms with Crippen LogP contribution in [0.2, 0.25) is 0 Å². The molecule has 0 aromatic rings. The lowest BCUT2D eigenvalue weighted by Gasteiger charge is -2.28. The van der Waals surface area contributed by atoms with E-state index >= 15 is 0 Å². The van der Waals surface area contributed by atoms with Crippen LogP contribution in [0.1, 0.15) is 39.5 Å². The third-order valence-corrected chi connectivity index (χ3v) is 4.33. The molecule has 3 atom stereocenters. The molecule has 0 amide bonds. The van der Waals surface area contributed by atoms with E-state index in [1.54, 1.807) is 0 Å². The van der Waals surface area contributed by atoms with E-state index in [9.17, 15) is 0 Å². The molecule has 2 aliphatic rings. The molecule has 0 saturated carbocycles. The highest BCUT2D eigenvalue weighted by Crippen LogP contribution is 2.25. The van der Waals surface area contributed by atoms with E-state index < -0.39 is 0 Å². The summed E-state index contributed by atoms with van der Waals surface area (Å²) >= 11 is 1.93. The summed E-state index contributed by atoms with van der Waals surface area (Å²) in [6.07, 6.45) is 5.16. The number of thioether (sulfide) groups is 1. The second kappa shape index (κ2) is 5.92. The highest BCUT2D eigenvalue weighted by atomic mass is 32.2. The van der Waals surface area contributed by atoms with Gasteiger partial charge in [0.25, 0.3) is 0 Å². The smallest absolute Gasteiger partial charge is 0.157 e. The molecule has 92 valence electrons. The first-order valence-corrected chi connectivity index (χ1v) is 7.25. The van der Waals surface area contributed by atoms with Gasteiger partial charge in [-0.3, -0.25) is 4.99 Å². The van der Waals surface area contributed by atoms with Crippen molar-refractivity contribution in [1.82, 2.24) is 5.32 Å². The quantitative estimate of drug-likeness (QED) is 0.825. The van der Waals surface area contributed by atoms with Crippen LogP contribution in [0.5, 0.6) is 0 Å². The van der Waals surface area contributed by atoms with Gasteiger partial charge < -0.3 is 10.1 Å². The third kappa shape index (κ3) is 3.39. The summed E-state index contributed by atoms with van der Waals surface area (Å²) in [5, 5.41) is 5.45. The molecule has 0 bridgehead atoms. The summed E-state index contributed by atoms with van der Waals surface area (Å²) in [7, 11) is 0. The Kier molecular flexibility index (Phi) is 4.53. The highest BCUT2D eigenvalue weighted by molar-refractivity contribution is 8.14. The van der Waals surface area contributed by atoms with Gasteiger partial charge in [-0.25, -0.2) is 0 Å². The van der Waals surface area contributed by atoms with E-state index in [-0.39, 0.29) is 0 Å². The van der Waals surface area contributed by atoms with Crippen molar-refractivity contribution < 1.29 is 4.74 Å². The zero-order valence-electron chi connectivity index (χ0n) is 10.2. The fourth-order valence-corrected chi connectivity index (χ4v) is 3.47. The first kappa shape index (κ1) is 12.2. The molecule has 3 nitrogen and oxygen atoms in total. The molecule has 0 aromatic carbocycles. The highest BCUT2D eigenvalue weighted by Gasteiger charge is 2.24. The maximum absolute atomic E-state index is 5.55. The molecule has 1 N–H and O–H groups in total. The Hall–Kier alpha value is -0.220. The van der Waals surface area contributed by atoms with Crippen LogP contribution in [0.3, 0.4) is 0 Å². The Labute approximate surface area is 102 Å². The molecule has 1 saturated heterocycles. The first-order chi connectivity index (χ1) is 7.78. The molecule has 16 heavy (non-hydrogen) atoms. The maximum atomic E-state index is 5.55. The van der Waals surface area contributed by atoms with Gasteiger partial charge in [0.05, 0.1) is 12.6 Å². The maximum Gasteiger partial charge on any atom is 0.157 e. The SMILES string of the molecule is CCCC1CN=C(NC2CCOC(C)C2)S1. The molecule has 0 aromatic heterocycles. The summed E-state index contributed by atoms with van der Waals surface area (Å²) < 4.78 is 5.55. The number of aliphatic imine (C=N–C) groups is 1. The van der Waals surface area contributed by atoms with E-state index in [2.05, 4.69) is 24.2 Å². The van der Waals surface area contributed by atoms with E-state index in [1.807, 2.05) is 11.8 Å². The van der Waals surface area contributed by atoms with Gasteiger partial charge in [0.15, 0.2) is 5.17 Å². The second-order valence-corrected chi connectivity index (χ2v) is 6.01. The number of ether oxygens (including phenoxy) is 1. The van der Waals surface area contributed by atoms with Crippen molar-refractivity contribution in [2.24, 2.45) is 4.99 Å². The van der Waals surface area contributed by atoms with Crippen LogP contribution in [0.25, 0.3) is 0 Å². The van der Waals surface area contributed by atoms with Crippen LogP contribution in [0, 0.1) is 0 Å². The Bertz CT molecular complexity index is 257. The third-order valence-electron chi connectivity index (χ3n) is 3.14. The number of hydrogen-bond donors (Lipinski definition) is 1. The molecule has 4 heteroatoms. The fourth-order valence-electron chi connectivity index (χ4n) is 2.27. The fraction of sp³-hybridized carbons (Fsp3) is 0.917. The van der Waals surface area contributed by atoms with Crippen molar-refractivity contribution in [3.8, 4) is 0 Å². The predicted molar refractivity (Wildman–Crippen MR) is 70.2 cm³/mol. The van der Waals surface area contributed by atoms with Crippen molar-refractivity contribution in [3.05, 3.63) is 0 Å². The molecule has 1 fully saturated rings. The van der Waals surface area contributed by atoms with Crippen LogP contribution >= 0.6 is 11.8 Å². The van der Waals surface area contributed by atoms with Crippen LogP contribution in [0.15, 0.2) is 4.99 Å². The Morgan fingerprint density at radius 1 is 1.56 bits per heavy atom. The molecule has 0 radical (unpaired) electrons. The van der Waals surface area contributed by atoms with Crippen LogP contribution in [-0.4, -0.2) is 35.7 Å². The van der Waals surface area contributed by atoms with Gasteiger partial charge >= 0.3 is 0 Å². The second-order valence-electron chi connectivity index (χ2n) is 4.72. The minimum absolute atomic E-state index is 0.393. The van der Waals surface area contributed by atoms with Gasteiger partial charge in [-0.1, -0.05) is 25.1 Å². The number of nitrogens with one attached hydrogen (secondary N) is 1. The summed E-state index contributed by atoms with van der Waals surface area (Å²) in [6.45, 7) is 6.28. The number of nitrogens with zero attached hydrogens (tertiary/aromatic N) is 1. The van der Waals surface area contributed by atoms with Crippen LogP contribution < -0.4 is 5.32 Å².